The summed E-state index contributed by atoms with van der Waals surface area (Å²) in [5.74, 6) is 14.5. The van der Waals surface area contributed by atoms with Gasteiger partial charge in [-0.15, -0.1) is 0 Å². The molecule has 0 N–H and O–H groups in total. The van der Waals surface area contributed by atoms with E-state index in [-0.39, 0.29) is 0 Å². The molecule has 0 heterocycles. The van der Waals surface area contributed by atoms with Crippen molar-refractivity contribution in [2.24, 2.45) is 47.3 Å². The number of rotatable bonds is 1. The van der Waals surface area contributed by atoms with E-state index in [1.807, 2.05) is 0 Å². The lowest BCUT2D eigenvalue weighted by Crippen LogP contribution is -2.27. The minimum Gasteiger partial charge on any atom is -0.0996 e. The van der Waals surface area contributed by atoms with E-state index in [1.54, 1.807) is 0 Å². The lowest BCUT2D eigenvalue weighted by molar-refractivity contribution is 0.161. The lowest BCUT2D eigenvalue weighted by Gasteiger charge is -2.36. The van der Waals surface area contributed by atoms with E-state index in [9.17, 15) is 0 Å². The standard InChI is InChI=1S/C24H40/c1-17-5-11-23(12-6-17)24-13-9-21(10-14-24)7-8-22-15-18(2)20(4)19(3)16-22/h17-24H,5-6,9-16H2,1-4H3. The quantitative estimate of drug-likeness (QED) is 0.457. The van der Waals surface area contributed by atoms with Crippen molar-refractivity contribution < 1.29 is 0 Å². The normalized spacial score (nSPS) is 46.8. The largest absolute Gasteiger partial charge is 0.0996 e. The highest BCUT2D eigenvalue weighted by Crippen LogP contribution is 2.41. The topological polar surface area (TPSA) is 0 Å². The van der Waals surface area contributed by atoms with Crippen LogP contribution >= 0.6 is 0 Å². The van der Waals surface area contributed by atoms with Gasteiger partial charge in [0.1, 0.15) is 0 Å². The van der Waals surface area contributed by atoms with Gasteiger partial charge in [0.2, 0.25) is 0 Å². The maximum atomic E-state index is 3.73. The van der Waals surface area contributed by atoms with Gasteiger partial charge in [-0.1, -0.05) is 52.4 Å². The minimum absolute atomic E-state index is 0.684. The molecular formula is C24H40. The molecule has 0 aromatic carbocycles. The maximum absolute atomic E-state index is 3.73. The summed E-state index contributed by atoms with van der Waals surface area (Å²) >= 11 is 0. The molecule has 0 aromatic heterocycles. The van der Waals surface area contributed by atoms with E-state index in [1.165, 1.54) is 64.2 Å². The van der Waals surface area contributed by atoms with Crippen LogP contribution in [0.25, 0.3) is 0 Å². The van der Waals surface area contributed by atoms with Crippen molar-refractivity contribution in [1.29, 1.82) is 0 Å². The average molecular weight is 329 g/mol. The summed E-state index contributed by atoms with van der Waals surface area (Å²) in [6, 6.07) is 0. The third-order valence-electron chi connectivity index (χ3n) is 8.10. The molecule has 0 heteroatoms. The van der Waals surface area contributed by atoms with Gasteiger partial charge in [-0.3, -0.25) is 0 Å². The van der Waals surface area contributed by atoms with Crippen molar-refractivity contribution in [3.63, 3.8) is 0 Å². The monoisotopic (exact) mass is 328 g/mol. The molecule has 0 amide bonds. The fourth-order valence-electron chi connectivity index (χ4n) is 5.83. The first-order valence-electron chi connectivity index (χ1n) is 11.0. The molecular weight excluding hydrogens is 288 g/mol. The third-order valence-corrected chi connectivity index (χ3v) is 8.10. The molecule has 0 saturated heterocycles. The molecule has 136 valence electrons. The molecule has 0 bridgehead atoms. The third kappa shape index (κ3) is 4.59. The van der Waals surface area contributed by atoms with Crippen LogP contribution in [0.15, 0.2) is 0 Å². The molecule has 3 aliphatic carbocycles. The van der Waals surface area contributed by atoms with Gasteiger partial charge >= 0.3 is 0 Å². The summed E-state index contributed by atoms with van der Waals surface area (Å²) < 4.78 is 0. The predicted molar refractivity (Wildman–Crippen MR) is 105 cm³/mol. The summed E-state index contributed by atoms with van der Waals surface area (Å²) in [5, 5.41) is 0. The second-order valence-corrected chi connectivity index (χ2v) is 9.90. The van der Waals surface area contributed by atoms with Crippen molar-refractivity contribution >= 4 is 0 Å². The highest BCUT2D eigenvalue weighted by Gasteiger charge is 2.31. The van der Waals surface area contributed by atoms with Crippen LogP contribution in [-0.2, 0) is 0 Å². The number of hydrogen-bond donors (Lipinski definition) is 0. The Balaban J connectivity index is 1.44. The summed E-state index contributed by atoms with van der Waals surface area (Å²) in [6.07, 6.45) is 14.4. The van der Waals surface area contributed by atoms with Crippen LogP contribution in [0.2, 0.25) is 0 Å². The van der Waals surface area contributed by atoms with Crippen molar-refractivity contribution in [3.8, 4) is 11.8 Å². The molecule has 0 spiro atoms. The summed E-state index contributed by atoms with van der Waals surface area (Å²) in [4.78, 5) is 0. The molecule has 2 atom stereocenters. The molecule has 3 fully saturated rings. The summed E-state index contributed by atoms with van der Waals surface area (Å²) in [6.45, 7) is 9.75. The Morgan fingerprint density at radius 1 is 0.542 bits per heavy atom. The first-order valence-corrected chi connectivity index (χ1v) is 11.0. The Hall–Kier alpha value is -0.440. The van der Waals surface area contributed by atoms with E-state index < -0.39 is 0 Å². The van der Waals surface area contributed by atoms with Gasteiger partial charge in [0, 0.05) is 11.8 Å². The van der Waals surface area contributed by atoms with Crippen LogP contribution in [0, 0.1) is 59.2 Å². The molecule has 0 aromatic rings. The zero-order valence-electron chi connectivity index (χ0n) is 16.7. The molecule has 3 aliphatic rings. The van der Waals surface area contributed by atoms with Gasteiger partial charge < -0.3 is 0 Å². The van der Waals surface area contributed by atoms with E-state index in [4.69, 9.17) is 0 Å². The average Bonchev–Trinajstić information content (AvgIpc) is 2.59. The van der Waals surface area contributed by atoms with Gasteiger partial charge in [0.05, 0.1) is 0 Å². The second-order valence-electron chi connectivity index (χ2n) is 9.90. The first-order chi connectivity index (χ1) is 11.5. The maximum Gasteiger partial charge on any atom is 0.0208 e. The SMILES string of the molecule is CC1CCC(C2CCC(C#CC3CC(C)C(C)C(C)C3)CC2)CC1. The van der Waals surface area contributed by atoms with Crippen molar-refractivity contribution in [1.82, 2.24) is 0 Å². The second kappa shape index (κ2) is 8.29. The number of hydrogen-bond acceptors (Lipinski definition) is 0. The lowest BCUT2D eigenvalue weighted by atomic mass is 9.69. The molecule has 3 saturated carbocycles. The Labute approximate surface area is 151 Å². The first kappa shape index (κ1) is 18.4. The van der Waals surface area contributed by atoms with Crippen LogP contribution in [0.3, 0.4) is 0 Å². The molecule has 0 radical (unpaired) electrons. The Kier molecular flexibility index (Phi) is 6.34. The van der Waals surface area contributed by atoms with Crippen LogP contribution < -0.4 is 0 Å². The van der Waals surface area contributed by atoms with E-state index >= 15 is 0 Å². The Bertz CT molecular complexity index is 424. The van der Waals surface area contributed by atoms with Crippen molar-refractivity contribution in [3.05, 3.63) is 0 Å². The minimum atomic E-state index is 0.684. The highest BCUT2D eigenvalue weighted by molar-refractivity contribution is 5.10. The van der Waals surface area contributed by atoms with Gasteiger partial charge in [0.15, 0.2) is 0 Å². The van der Waals surface area contributed by atoms with Crippen LogP contribution in [0.4, 0.5) is 0 Å². The van der Waals surface area contributed by atoms with Crippen molar-refractivity contribution in [2.45, 2.75) is 91.9 Å². The summed E-state index contributed by atoms with van der Waals surface area (Å²) in [5.41, 5.74) is 0. The van der Waals surface area contributed by atoms with E-state index in [0.717, 1.165) is 35.5 Å². The Morgan fingerprint density at radius 2 is 1.00 bits per heavy atom. The van der Waals surface area contributed by atoms with E-state index in [0.29, 0.717) is 11.8 Å². The molecule has 3 rings (SSSR count). The molecule has 24 heavy (non-hydrogen) atoms. The molecule has 0 nitrogen and oxygen atoms in total. The Morgan fingerprint density at radius 3 is 1.54 bits per heavy atom. The zero-order chi connectivity index (χ0) is 17.1. The van der Waals surface area contributed by atoms with Gasteiger partial charge in [-0.05, 0) is 86.9 Å². The van der Waals surface area contributed by atoms with Gasteiger partial charge in [0.25, 0.3) is 0 Å². The smallest absolute Gasteiger partial charge is 0.0208 e. The van der Waals surface area contributed by atoms with E-state index in [2.05, 4.69) is 39.5 Å². The highest BCUT2D eigenvalue weighted by atomic mass is 14.4. The molecule has 0 aliphatic heterocycles. The van der Waals surface area contributed by atoms with Crippen LogP contribution in [0.1, 0.15) is 91.9 Å². The van der Waals surface area contributed by atoms with Crippen molar-refractivity contribution in [2.75, 3.05) is 0 Å². The molecule has 2 unspecified atom stereocenters. The van der Waals surface area contributed by atoms with Crippen LogP contribution in [-0.4, -0.2) is 0 Å². The summed E-state index contributed by atoms with van der Waals surface area (Å²) in [7, 11) is 0. The van der Waals surface area contributed by atoms with Gasteiger partial charge in [-0.2, -0.15) is 0 Å². The van der Waals surface area contributed by atoms with Gasteiger partial charge in [-0.25, -0.2) is 0 Å². The fourth-order valence-corrected chi connectivity index (χ4v) is 5.83. The van der Waals surface area contributed by atoms with Crippen LogP contribution in [0.5, 0.6) is 0 Å². The predicted octanol–water partition coefficient (Wildman–Crippen LogP) is 6.94. The zero-order valence-corrected chi connectivity index (χ0v) is 16.7. The fraction of sp³-hybridized carbons (Fsp3) is 0.917.